The van der Waals surface area contributed by atoms with Crippen LogP contribution in [0.15, 0.2) is 42.5 Å². The molecule has 47 heavy (non-hydrogen) atoms. The Kier molecular flexibility index (Phi) is 9.58. The fourth-order valence-electron chi connectivity index (χ4n) is 10.9. The van der Waals surface area contributed by atoms with Crippen LogP contribution in [-0.2, 0) is 25.5 Å². The summed E-state index contributed by atoms with van der Waals surface area (Å²) in [5.41, 5.74) is 0.382. The second-order valence-electron chi connectivity index (χ2n) is 16.6. The van der Waals surface area contributed by atoms with Gasteiger partial charge in [0.1, 0.15) is 6.10 Å². The van der Waals surface area contributed by atoms with Crippen LogP contribution in [0.5, 0.6) is 0 Å². The van der Waals surface area contributed by atoms with Crippen molar-refractivity contribution in [3.05, 3.63) is 48.0 Å². The number of fused-ring (bicyclic) bond motifs is 6. The van der Waals surface area contributed by atoms with Crippen molar-refractivity contribution >= 4 is 22.7 Å². The monoisotopic (exact) mass is 648 g/mol. The highest BCUT2D eigenvalue weighted by atomic mass is 16.6. The topological polar surface area (TPSA) is 113 Å². The van der Waals surface area contributed by atoms with Crippen LogP contribution in [0.4, 0.5) is 0 Å². The van der Waals surface area contributed by atoms with Crippen molar-refractivity contribution in [2.75, 3.05) is 6.61 Å². The zero-order valence-electron chi connectivity index (χ0n) is 29.1. The van der Waals surface area contributed by atoms with Gasteiger partial charge in [0.25, 0.3) is 0 Å². The normalized spacial score (nSPS) is 37.9. The number of aliphatic hydroxyl groups is 3. The molecule has 2 aromatic rings. The van der Waals surface area contributed by atoms with Gasteiger partial charge in [-0.2, -0.15) is 0 Å². The molecule has 0 bridgehead atoms. The number of benzene rings is 2. The lowest BCUT2D eigenvalue weighted by Gasteiger charge is -2.56. The zero-order chi connectivity index (χ0) is 33.8. The number of aliphatic hydroxyl groups excluding tert-OH is 3. The second-order valence-corrected chi connectivity index (χ2v) is 16.6. The Morgan fingerprint density at radius 2 is 1.66 bits per heavy atom. The van der Waals surface area contributed by atoms with E-state index in [2.05, 4.69) is 34.6 Å². The minimum Gasteiger partial charge on any atom is -0.465 e. The van der Waals surface area contributed by atoms with Crippen molar-refractivity contribution in [2.24, 2.45) is 58.2 Å². The van der Waals surface area contributed by atoms with Gasteiger partial charge in [-0.05, 0) is 101 Å². The third-order valence-electron chi connectivity index (χ3n) is 14.0. The van der Waals surface area contributed by atoms with Crippen LogP contribution >= 0.6 is 0 Å². The van der Waals surface area contributed by atoms with Crippen molar-refractivity contribution in [1.82, 2.24) is 0 Å². The van der Waals surface area contributed by atoms with Crippen molar-refractivity contribution < 1.29 is 34.4 Å². The summed E-state index contributed by atoms with van der Waals surface area (Å²) in [6.07, 6.45) is 1.48. The van der Waals surface area contributed by atoms with E-state index in [9.17, 15) is 24.9 Å². The van der Waals surface area contributed by atoms with Gasteiger partial charge in [-0.15, -0.1) is 0 Å². The van der Waals surface area contributed by atoms with Crippen molar-refractivity contribution in [1.29, 1.82) is 0 Å². The molecule has 7 heteroatoms. The van der Waals surface area contributed by atoms with E-state index in [-0.39, 0.29) is 59.7 Å². The van der Waals surface area contributed by atoms with Crippen LogP contribution in [0, 0.1) is 58.2 Å². The molecule has 6 rings (SSSR count). The zero-order valence-corrected chi connectivity index (χ0v) is 29.1. The van der Waals surface area contributed by atoms with Crippen LogP contribution < -0.4 is 0 Å². The molecule has 3 saturated carbocycles. The van der Waals surface area contributed by atoms with E-state index < -0.39 is 41.7 Å². The first-order chi connectivity index (χ1) is 22.3. The molecule has 0 amide bonds. The average Bonchev–Trinajstić information content (AvgIpc) is 3.35. The van der Waals surface area contributed by atoms with Crippen molar-refractivity contribution in [2.45, 2.75) is 111 Å². The molecule has 0 aromatic heterocycles. The van der Waals surface area contributed by atoms with Crippen LogP contribution in [0.3, 0.4) is 0 Å². The summed E-state index contributed by atoms with van der Waals surface area (Å²) < 4.78 is 12.0. The predicted octanol–water partition coefficient (Wildman–Crippen LogP) is 6.34. The van der Waals surface area contributed by atoms with E-state index in [1.807, 2.05) is 49.4 Å². The lowest BCUT2D eigenvalue weighted by atomic mass is 9.48. The molecule has 2 aromatic carbocycles. The molecule has 1 aliphatic heterocycles. The van der Waals surface area contributed by atoms with Gasteiger partial charge in [-0.25, -0.2) is 0 Å². The Morgan fingerprint density at radius 1 is 0.957 bits per heavy atom. The number of hydrogen-bond acceptors (Lipinski definition) is 7. The standard InChI is InChI=1S/C40H56O7/c1-22(2)23(3)36(43)37(44)24(4)29-14-15-30-28-21-46-38(45)32-19-34(33(41)20-40(32,6)31(28)16-17-39(29,30)5)47-35(42)18-26-12-9-11-25-10-7-8-13-27(25)26/h7-13,22-24,28-34,36-37,41,43-44H,14-21H2,1-6H3/t23-,24-,28-,29+,30-,31-,32+,33+,34-,36+,37-,39+,40+/m0/s1. The van der Waals surface area contributed by atoms with Gasteiger partial charge in [0.2, 0.25) is 0 Å². The number of carbonyl (C=O) groups is 2. The Bertz CT molecular complexity index is 1450. The smallest absolute Gasteiger partial charge is 0.310 e. The number of hydrogen-bond donors (Lipinski definition) is 3. The van der Waals surface area contributed by atoms with Crippen molar-refractivity contribution in [3.8, 4) is 0 Å². The molecule has 3 aliphatic carbocycles. The molecule has 1 heterocycles. The highest BCUT2D eigenvalue weighted by Gasteiger charge is 2.63. The summed E-state index contributed by atoms with van der Waals surface area (Å²) in [4.78, 5) is 26.9. The maximum Gasteiger partial charge on any atom is 0.310 e. The number of rotatable bonds is 8. The quantitative estimate of drug-likeness (QED) is 0.287. The Labute approximate surface area is 280 Å². The minimum atomic E-state index is -0.858. The van der Waals surface area contributed by atoms with E-state index in [0.29, 0.717) is 18.9 Å². The molecule has 4 fully saturated rings. The summed E-state index contributed by atoms with van der Waals surface area (Å²) in [6, 6.07) is 13.8. The third-order valence-corrected chi connectivity index (χ3v) is 14.0. The number of ether oxygens (including phenoxy) is 2. The molecule has 4 aliphatic rings. The van der Waals surface area contributed by atoms with E-state index in [1.54, 1.807) is 0 Å². The average molecular weight is 649 g/mol. The molecule has 13 atom stereocenters. The SMILES string of the molecule is CC(C)[C@H](C)[C@@H](O)[C@@H](O)[C@@H](C)[C@H]1CC[C@H]2[C@@H]3COC(=O)[C@H]4C[C@H](OC(=O)Cc5cccc6ccccc56)[C@H](O)C[C@]4(C)[C@H]3CC[C@]12C. The first kappa shape index (κ1) is 34.4. The molecule has 7 nitrogen and oxygen atoms in total. The summed E-state index contributed by atoms with van der Waals surface area (Å²) in [5.74, 6) is 0.107. The summed E-state index contributed by atoms with van der Waals surface area (Å²) >= 11 is 0. The molecule has 0 radical (unpaired) electrons. The van der Waals surface area contributed by atoms with Crippen LogP contribution in [0.2, 0.25) is 0 Å². The largest absolute Gasteiger partial charge is 0.465 e. The number of esters is 2. The third kappa shape index (κ3) is 6.03. The minimum absolute atomic E-state index is 0.00499. The molecule has 3 N–H and O–H groups in total. The molecule has 258 valence electrons. The summed E-state index contributed by atoms with van der Waals surface area (Å²) in [5, 5.41) is 35.9. The maximum atomic E-state index is 13.7. The van der Waals surface area contributed by atoms with Gasteiger partial charge in [-0.1, -0.05) is 84.0 Å². The Balaban J connectivity index is 1.16. The lowest BCUT2D eigenvalue weighted by Crippen LogP contribution is -2.55. The second kappa shape index (κ2) is 13.1. The van der Waals surface area contributed by atoms with Gasteiger partial charge in [-0.3, -0.25) is 9.59 Å². The van der Waals surface area contributed by atoms with E-state index >= 15 is 0 Å². The summed E-state index contributed by atoms with van der Waals surface area (Å²) in [6.45, 7) is 13.2. The van der Waals surface area contributed by atoms with Crippen LogP contribution in [0.1, 0.15) is 85.6 Å². The Hall–Kier alpha value is -2.48. The van der Waals surface area contributed by atoms with Crippen LogP contribution in [0.25, 0.3) is 10.8 Å². The number of cyclic esters (lactones) is 1. The summed E-state index contributed by atoms with van der Waals surface area (Å²) in [7, 11) is 0. The maximum absolute atomic E-state index is 13.7. The van der Waals surface area contributed by atoms with Gasteiger partial charge >= 0.3 is 11.9 Å². The van der Waals surface area contributed by atoms with Gasteiger partial charge in [0.15, 0.2) is 0 Å². The molecule has 0 spiro atoms. The van der Waals surface area contributed by atoms with Gasteiger partial charge < -0.3 is 24.8 Å². The highest BCUT2D eigenvalue weighted by Crippen LogP contribution is 2.66. The Morgan fingerprint density at radius 3 is 2.40 bits per heavy atom. The number of carbonyl (C=O) groups excluding carboxylic acids is 2. The predicted molar refractivity (Wildman–Crippen MR) is 181 cm³/mol. The molecular formula is C40H56O7. The fraction of sp³-hybridized carbons (Fsp3) is 0.700. The highest BCUT2D eigenvalue weighted by molar-refractivity contribution is 5.89. The molecule has 1 saturated heterocycles. The first-order valence-corrected chi connectivity index (χ1v) is 18.1. The lowest BCUT2D eigenvalue weighted by molar-refractivity contribution is -0.177. The van der Waals surface area contributed by atoms with E-state index in [0.717, 1.165) is 42.0 Å². The fourth-order valence-corrected chi connectivity index (χ4v) is 10.9. The van der Waals surface area contributed by atoms with Gasteiger partial charge in [0, 0.05) is 6.42 Å². The van der Waals surface area contributed by atoms with E-state index in [1.165, 1.54) is 0 Å². The molecule has 0 unspecified atom stereocenters. The van der Waals surface area contributed by atoms with Crippen LogP contribution in [-0.4, -0.2) is 58.3 Å². The molecular weight excluding hydrogens is 592 g/mol. The van der Waals surface area contributed by atoms with E-state index in [4.69, 9.17) is 9.47 Å². The first-order valence-electron chi connectivity index (χ1n) is 18.1. The van der Waals surface area contributed by atoms with Gasteiger partial charge in [0.05, 0.1) is 37.3 Å². The van der Waals surface area contributed by atoms with Crippen molar-refractivity contribution in [3.63, 3.8) is 0 Å².